The van der Waals surface area contributed by atoms with Crippen LogP contribution in [0.2, 0.25) is 0 Å². The number of nitrogens with zero attached hydrogens (tertiary/aromatic N) is 1. The topological polar surface area (TPSA) is 41.5 Å². The summed E-state index contributed by atoms with van der Waals surface area (Å²) in [5, 5.41) is 5.94. The molecule has 92 valence electrons. The maximum absolute atomic E-state index is 12.7. The maximum Gasteiger partial charge on any atom is 0.271 e. The Morgan fingerprint density at radius 3 is 2.61 bits per heavy atom. The van der Waals surface area contributed by atoms with E-state index in [0.29, 0.717) is 5.56 Å². The summed E-state index contributed by atoms with van der Waals surface area (Å²) in [4.78, 5) is 12.7. The highest BCUT2D eigenvalue weighted by molar-refractivity contribution is 7.12. The fraction of sp³-hybridized carbons (Fsp3) is 0.0769. The van der Waals surface area contributed by atoms with Crippen molar-refractivity contribution in [2.24, 2.45) is 5.10 Å². The van der Waals surface area contributed by atoms with Crippen molar-refractivity contribution in [1.82, 2.24) is 5.43 Å². The van der Waals surface area contributed by atoms with Gasteiger partial charge in [0, 0.05) is 10.4 Å². The number of carbonyl (C=O) groups excluding carboxylic acids is 1. The first-order valence-electron chi connectivity index (χ1n) is 5.31. The number of amides is 1. The van der Waals surface area contributed by atoms with Crippen molar-refractivity contribution in [2.45, 2.75) is 6.92 Å². The number of benzene rings is 1. The van der Waals surface area contributed by atoms with Gasteiger partial charge in [-0.05, 0) is 42.6 Å². The van der Waals surface area contributed by atoms with Gasteiger partial charge >= 0.3 is 0 Å². The molecule has 1 aromatic heterocycles. The Morgan fingerprint density at radius 1 is 1.28 bits per heavy atom. The lowest BCUT2D eigenvalue weighted by atomic mass is 10.2. The molecule has 2 aromatic rings. The van der Waals surface area contributed by atoms with Crippen molar-refractivity contribution in [2.75, 3.05) is 0 Å². The Balaban J connectivity index is 2.04. The van der Waals surface area contributed by atoms with Gasteiger partial charge in [0.15, 0.2) is 0 Å². The number of thiophene rings is 1. The summed E-state index contributed by atoms with van der Waals surface area (Å²) in [5.74, 6) is -0.726. The molecule has 0 atom stereocenters. The molecule has 0 spiro atoms. The summed E-state index contributed by atoms with van der Waals surface area (Å²) >= 11 is 1.55. The molecular formula is C13H11FN2OS. The molecule has 0 saturated carbocycles. The molecule has 0 radical (unpaired) electrons. The summed E-state index contributed by atoms with van der Waals surface area (Å²) in [6.45, 7) is 1.82. The molecule has 0 fully saturated rings. The van der Waals surface area contributed by atoms with Crippen molar-refractivity contribution < 1.29 is 9.18 Å². The minimum absolute atomic E-state index is 0.356. The Bertz CT molecular complexity index is 561. The van der Waals surface area contributed by atoms with E-state index in [1.54, 1.807) is 11.3 Å². The second-order valence-electron chi connectivity index (χ2n) is 3.62. The van der Waals surface area contributed by atoms with Gasteiger partial charge in [0.2, 0.25) is 0 Å². The van der Waals surface area contributed by atoms with E-state index in [0.717, 1.165) is 10.6 Å². The monoisotopic (exact) mass is 262 g/mol. The lowest BCUT2D eigenvalue weighted by Gasteiger charge is -2.01. The quantitative estimate of drug-likeness (QED) is 0.670. The van der Waals surface area contributed by atoms with Crippen molar-refractivity contribution >= 4 is 23.0 Å². The highest BCUT2D eigenvalue weighted by Crippen LogP contribution is 2.09. The minimum Gasteiger partial charge on any atom is -0.267 e. The first-order valence-corrected chi connectivity index (χ1v) is 6.19. The first kappa shape index (κ1) is 12.4. The van der Waals surface area contributed by atoms with Crippen molar-refractivity contribution in [3.05, 3.63) is 58.0 Å². The van der Waals surface area contributed by atoms with Gasteiger partial charge in [0.25, 0.3) is 5.91 Å². The third kappa shape index (κ3) is 3.01. The lowest BCUT2D eigenvalue weighted by Crippen LogP contribution is -2.19. The Labute approximate surface area is 108 Å². The molecule has 0 unspecified atom stereocenters. The fourth-order valence-electron chi connectivity index (χ4n) is 1.34. The van der Waals surface area contributed by atoms with Gasteiger partial charge in [0.05, 0.1) is 5.71 Å². The summed E-state index contributed by atoms with van der Waals surface area (Å²) in [7, 11) is 0. The molecule has 1 heterocycles. The summed E-state index contributed by atoms with van der Waals surface area (Å²) < 4.78 is 12.7. The molecule has 5 heteroatoms. The van der Waals surface area contributed by atoms with E-state index in [1.165, 1.54) is 24.3 Å². The number of hydrogen-bond acceptors (Lipinski definition) is 3. The third-order valence-electron chi connectivity index (χ3n) is 2.31. The fourth-order valence-corrected chi connectivity index (χ4v) is 2.02. The third-order valence-corrected chi connectivity index (χ3v) is 3.29. The molecule has 1 N–H and O–H groups in total. The standard InChI is InChI=1S/C13H11FN2OS/c1-9(12-3-2-8-18-12)15-16-13(17)10-4-6-11(14)7-5-10/h2-8H,1H3,(H,16,17). The number of rotatable bonds is 3. The van der Waals surface area contributed by atoms with Gasteiger partial charge in [0.1, 0.15) is 5.82 Å². The molecule has 0 saturated heterocycles. The van der Waals surface area contributed by atoms with E-state index in [-0.39, 0.29) is 11.7 Å². The summed E-state index contributed by atoms with van der Waals surface area (Å²) in [5.41, 5.74) is 3.55. The molecule has 18 heavy (non-hydrogen) atoms. The smallest absolute Gasteiger partial charge is 0.267 e. The predicted octanol–water partition coefficient (Wildman–Crippen LogP) is 3.04. The number of hydrazone groups is 1. The zero-order valence-electron chi connectivity index (χ0n) is 9.68. The van der Waals surface area contributed by atoms with E-state index >= 15 is 0 Å². The SMILES string of the molecule is CC(=NNC(=O)c1ccc(F)cc1)c1cccs1. The number of nitrogens with one attached hydrogen (secondary N) is 1. The van der Waals surface area contributed by atoms with Gasteiger partial charge in [-0.15, -0.1) is 11.3 Å². The number of halogens is 1. The maximum atomic E-state index is 12.7. The highest BCUT2D eigenvalue weighted by Gasteiger charge is 2.05. The average molecular weight is 262 g/mol. The molecule has 2 rings (SSSR count). The Kier molecular flexibility index (Phi) is 3.84. The summed E-state index contributed by atoms with van der Waals surface area (Å²) in [6.07, 6.45) is 0. The molecular weight excluding hydrogens is 251 g/mol. The van der Waals surface area contributed by atoms with E-state index < -0.39 is 0 Å². The van der Waals surface area contributed by atoms with Crippen LogP contribution in [0.3, 0.4) is 0 Å². The minimum atomic E-state index is -0.371. The van der Waals surface area contributed by atoms with Crippen LogP contribution in [0.25, 0.3) is 0 Å². The van der Waals surface area contributed by atoms with E-state index in [1.807, 2.05) is 24.4 Å². The van der Waals surface area contributed by atoms with Gasteiger partial charge in [-0.3, -0.25) is 4.79 Å². The summed E-state index contributed by atoms with van der Waals surface area (Å²) in [6, 6.07) is 9.16. The second kappa shape index (κ2) is 5.55. The average Bonchev–Trinajstić information content (AvgIpc) is 2.90. The van der Waals surface area contributed by atoms with Crippen molar-refractivity contribution in [3.63, 3.8) is 0 Å². The van der Waals surface area contributed by atoms with Gasteiger partial charge in [-0.2, -0.15) is 5.10 Å². The van der Waals surface area contributed by atoms with Gasteiger partial charge in [-0.1, -0.05) is 6.07 Å². The molecule has 3 nitrogen and oxygen atoms in total. The van der Waals surface area contributed by atoms with Crippen molar-refractivity contribution in [1.29, 1.82) is 0 Å². The highest BCUT2D eigenvalue weighted by atomic mass is 32.1. The number of hydrogen-bond donors (Lipinski definition) is 1. The van der Waals surface area contributed by atoms with Crippen LogP contribution in [0.1, 0.15) is 22.2 Å². The normalized spacial score (nSPS) is 11.3. The first-order chi connectivity index (χ1) is 8.66. The van der Waals surface area contributed by atoms with Gasteiger partial charge in [-0.25, -0.2) is 9.82 Å². The van der Waals surface area contributed by atoms with Crippen LogP contribution in [0.4, 0.5) is 4.39 Å². The van der Waals surface area contributed by atoms with Gasteiger partial charge < -0.3 is 0 Å². The van der Waals surface area contributed by atoms with E-state index in [2.05, 4.69) is 10.5 Å². The zero-order chi connectivity index (χ0) is 13.0. The van der Waals surface area contributed by atoms with E-state index in [4.69, 9.17) is 0 Å². The van der Waals surface area contributed by atoms with Crippen LogP contribution < -0.4 is 5.43 Å². The molecule has 1 amide bonds. The molecule has 0 aliphatic carbocycles. The van der Waals surface area contributed by atoms with Crippen LogP contribution in [0.15, 0.2) is 46.9 Å². The number of carbonyl (C=O) groups is 1. The Morgan fingerprint density at radius 2 is 2.00 bits per heavy atom. The van der Waals surface area contributed by atoms with Crippen LogP contribution in [-0.4, -0.2) is 11.6 Å². The largest absolute Gasteiger partial charge is 0.271 e. The lowest BCUT2D eigenvalue weighted by molar-refractivity contribution is 0.0955. The van der Waals surface area contributed by atoms with Crippen LogP contribution in [0, 0.1) is 5.82 Å². The molecule has 0 aliphatic heterocycles. The molecule has 0 aliphatic rings. The van der Waals surface area contributed by atoms with Crippen molar-refractivity contribution in [3.8, 4) is 0 Å². The predicted molar refractivity (Wildman–Crippen MR) is 70.4 cm³/mol. The molecule has 0 bridgehead atoms. The van der Waals surface area contributed by atoms with Crippen LogP contribution >= 0.6 is 11.3 Å². The second-order valence-corrected chi connectivity index (χ2v) is 4.57. The van der Waals surface area contributed by atoms with Crippen LogP contribution in [0.5, 0.6) is 0 Å². The molecule has 1 aromatic carbocycles. The Hall–Kier alpha value is -2.01. The van der Waals surface area contributed by atoms with Crippen LogP contribution in [-0.2, 0) is 0 Å². The van der Waals surface area contributed by atoms with E-state index in [9.17, 15) is 9.18 Å². The zero-order valence-corrected chi connectivity index (χ0v) is 10.5.